The van der Waals surface area contributed by atoms with E-state index in [1.54, 1.807) is 26.0 Å². The maximum Gasteiger partial charge on any atom is 0.310 e. The van der Waals surface area contributed by atoms with E-state index in [0.29, 0.717) is 35.8 Å². The summed E-state index contributed by atoms with van der Waals surface area (Å²) in [7, 11) is 0. The van der Waals surface area contributed by atoms with Crippen molar-refractivity contribution in [3.63, 3.8) is 0 Å². The SMILES string of the molecule is CCOC(=O)Cc1cccc(-c2cc(CCCCCCOCCCCCCc3ccc(O[C@H]4O[C@H](CO)[C@@H](O)[C@H](O)[C@@H]4O)c(-c4cccc(CC(=O)OCC)c4)c3)ccc2O[C@H]2O[C@H](CO)[C@@H](O)[C@H](O)[C@@H]2O)c1. The average Bonchev–Trinajstić information content (AvgIpc) is 3.38. The summed E-state index contributed by atoms with van der Waals surface area (Å²) in [6.07, 6.45) is -4.81. The Balaban J connectivity index is 0.948. The van der Waals surface area contributed by atoms with Crippen molar-refractivity contribution in [1.82, 2.24) is 0 Å². The second kappa shape index (κ2) is 29.2. The minimum Gasteiger partial charge on any atom is -0.466 e. The van der Waals surface area contributed by atoms with Gasteiger partial charge in [-0.25, -0.2) is 0 Å². The van der Waals surface area contributed by atoms with Gasteiger partial charge in [-0.2, -0.15) is 0 Å². The van der Waals surface area contributed by atoms with Crippen molar-refractivity contribution >= 4 is 11.9 Å². The normalized spacial score (nSPS) is 24.0. The quantitative estimate of drug-likeness (QED) is 0.0288. The molecule has 4 aromatic carbocycles. The zero-order valence-electron chi connectivity index (χ0n) is 41.8. The summed E-state index contributed by atoms with van der Waals surface area (Å²) in [4.78, 5) is 24.6. The first-order valence-electron chi connectivity index (χ1n) is 25.6. The molecule has 73 heavy (non-hydrogen) atoms. The molecule has 0 aliphatic carbocycles. The maximum atomic E-state index is 12.3. The molecule has 10 atom stereocenters. The van der Waals surface area contributed by atoms with Gasteiger partial charge in [-0.3, -0.25) is 9.59 Å². The van der Waals surface area contributed by atoms with E-state index >= 15 is 0 Å². The highest BCUT2D eigenvalue weighted by atomic mass is 16.7. The topological polar surface area (TPSA) is 261 Å². The summed E-state index contributed by atoms with van der Waals surface area (Å²) in [6.45, 7) is 4.25. The van der Waals surface area contributed by atoms with E-state index in [9.17, 15) is 50.4 Å². The molecule has 17 nitrogen and oxygen atoms in total. The fraction of sp³-hybridized carbons (Fsp3) is 0.536. The fourth-order valence-corrected chi connectivity index (χ4v) is 9.03. The number of unbranched alkanes of at least 4 members (excludes halogenated alkanes) is 6. The zero-order valence-corrected chi connectivity index (χ0v) is 41.8. The lowest BCUT2D eigenvalue weighted by molar-refractivity contribution is -0.277. The molecule has 17 heteroatoms. The highest BCUT2D eigenvalue weighted by Gasteiger charge is 2.46. The molecule has 2 saturated heterocycles. The second-order valence-corrected chi connectivity index (χ2v) is 18.6. The van der Waals surface area contributed by atoms with E-state index in [2.05, 4.69) is 0 Å². The van der Waals surface area contributed by atoms with Gasteiger partial charge in [-0.05, 0) is 110 Å². The van der Waals surface area contributed by atoms with Crippen molar-refractivity contribution < 1.29 is 83.6 Å². The Morgan fingerprint density at radius 1 is 0.479 bits per heavy atom. The molecular formula is C56H74O17. The predicted octanol–water partition coefficient (Wildman–Crippen LogP) is 4.51. The van der Waals surface area contributed by atoms with Gasteiger partial charge in [0.05, 0.1) is 39.3 Å². The number of hydrogen-bond donors (Lipinski definition) is 8. The monoisotopic (exact) mass is 1020 g/mol. The Kier molecular flexibility index (Phi) is 22.9. The Morgan fingerprint density at radius 2 is 0.890 bits per heavy atom. The van der Waals surface area contributed by atoms with Crippen LogP contribution in [-0.2, 0) is 59.0 Å². The van der Waals surface area contributed by atoms with Gasteiger partial charge >= 0.3 is 11.9 Å². The third-order valence-electron chi connectivity index (χ3n) is 13.1. The van der Waals surface area contributed by atoms with E-state index in [1.165, 1.54) is 0 Å². The molecule has 2 aliphatic rings. The van der Waals surface area contributed by atoms with Gasteiger partial charge in [0, 0.05) is 24.3 Å². The molecule has 400 valence electrons. The summed E-state index contributed by atoms with van der Waals surface area (Å²) in [6, 6.07) is 26.3. The smallest absolute Gasteiger partial charge is 0.310 e. The van der Waals surface area contributed by atoms with Crippen LogP contribution in [0.5, 0.6) is 11.5 Å². The van der Waals surface area contributed by atoms with Crippen LogP contribution >= 0.6 is 0 Å². The van der Waals surface area contributed by atoms with Crippen LogP contribution in [-0.4, -0.2) is 154 Å². The van der Waals surface area contributed by atoms with Crippen LogP contribution in [0.4, 0.5) is 0 Å². The van der Waals surface area contributed by atoms with Crippen molar-refractivity contribution in [2.24, 2.45) is 0 Å². The Morgan fingerprint density at radius 3 is 1.29 bits per heavy atom. The number of esters is 2. The molecule has 6 rings (SSSR count). The third kappa shape index (κ3) is 16.5. The molecule has 0 spiro atoms. The molecule has 0 radical (unpaired) electrons. The van der Waals surface area contributed by atoms with Crippen LogP contribution < -0.4 is 9.47 Å². The lowest BCUT2D eigenvalue weighted by Gasteiger charge is -2.39. The average molecular weight is 1020 g/mol. The van der Waals surface area contributed by atoms with Crippen molar-refractivity contribution in [3.8, 4) is 33.8 Å². The van der Waals surface area contributed by atoms with Crippen molar-refractivity contribution in [2.45, 2.75) is 152 Å². The first-order chi connectivity index (χ1) is 35.3. The van der Waals surface area contributed by atoms with E-state index in [4.69, 9.17) is 33.2 Å². The van der Waals surface area contributed by atoms with Crippen LogP contribution in [0.2, 0.25) is 0 Å². The number of aryl methyl sites for hydroxylation is 2. The molecule has 4 aromatic rings. The highest BCUT2D eigenvalue weighted by Crippen LogP contribution is 2.37. The number of carbonyl (C=O) groups is 2. The summed E-state index contributed by atoms with van der Waals surface area (Å²) >= 11 is 0. The van der Waals surface area contributed by atoms with Gasteiger partial charge in [0.15, 0.2) is 0 Å². The van der Waals surface area contributed by atoms with Gasteiger partial charge in [0.25, 0.3) is 0 Å². The van der Waals surface area contributed by atoms with Crippen molar-refractivity contribution in [3.05, 3.63) is 107 Å². The standard InChI is InChI=1S/C56H74O17/c1-3-68-47(59)31-37-17-13-19-39(27-37)41-29-35(21-23-43(41)70-55-53(65)51(63)49(61)45(33-57)72-55)15-9-5-7-11-25-67-26-12-8-6-10-16-36-22-24-44(71-56-54(66)52(64)50(62)46(34-58)73-56)42(30-36)40-20-14-18-38(28-40)32-48(60)69-4-2/h13-14,17-24,27-30,45-46,49-58,61-66H,3-12,15-16,25-26,31-34H2,1-2H3/t45-,46-,49-,50-,51+,52+,53+,54+,55+,56+/m1/s1. The second-order valence-electron chi connectivity index (χ2n) is 18.6. The molecule has 0 saturated carbocycles. The molecule has 0 unspecified atom stereocenters. The van der Waals surface area contributed by atoms with E-state index in [-0.39, 0.29) is 38.0 Å². The van der Waals surface area contributed by atoms with Gasteiger partial charge in [-0.15, -0.1) is 0 Å². The molecule has 0 amide bonds. The highest BCUT2D eigenvalue weighted by molar-refractivity contribution is 5.77. The summed E-state index contributed by atoms with van der Waals surface area (Å²) < 4.78 is 39.8. The molecule has 2 heterocycles. The summed E-state index contributed by atoms with van der Waals surface area (Å²) in [5, 5.41) is 82.2. The van der Waals surface area contributed by atoms with Gasteiger partial charge in [0.1, 0.15) is 60.3 Å². The number of ether oxygens (including phenoxy) is 7. The number of hydrogen-bond acceptors (Lipinski definition) is 17. The van der Waals surface area contributed by atoms with Crippen LogP contribution in [0.1, 0.15) is 87.5 Å². The summed E-state index contributed by atoms with van der Waals surface area (Å²) in [5.41, 5.74) is 6.50. The van der Waals surface area contributed by atoms with Crippen LogP contribution in [0.3, 0.4) is 0 Å². The lowest BCUT2D eigenvalue weighted by Crippen LogP contribution is -2.60. The summed E-state index contributed by atoms with van der Waals surface area (Å²) in [5.74, 6) is 0.0259. The Bertz CT molecular complexity index is 2160. The first-order valence-corrected chi connectivity index (χ1v) is 25.6. The lowest BCUT2D eigenvalue weighted by atomic mass is 9.96. The number of rotatable bonds is 28. The Hall–Kier alpha value is -5.02. The molecule has 2 fully saturated rings. The van der Waals surface area contributed by atoms with E-state index in [1.807, 2.05) is 72.8 Å². The molecule has 2 aliphatic heterocycles. The molecular weight excluding hydrogens is 945 g/mol. The van der Waals surface area contributed by atoms with Gasteiger partial charge < -0.3 is 74.0 Å². The van der Waals surface area contributed by atoms with Crippen molar-refractivity contribution in [1.29, 1.82) is 0 Å². The first kappa shape index (κ1) is 57.3. The Labute approximate surface area is 427 Å². The number of aliphatic hydroxyl groups excluding tert-OH is 8. The van der Waals surface area contributed by atoms with Crippen molar-refractivity contribution in [2.75, 3.05) is 39.6 Å². The van der Waals surface area contributed by atoms with E-state index in [0.717, 1.165) is 97.6 Å². The van der Waals surface area contributed by atoms with Crippen LogP contribution in [0.25, 0.3) is 22.3 Å². The number of benzene rings is 4. The predicted molar refractivity (Wildman–Crippen MR) is 268 cm³/mol. The fourth-order valence-electron chi connectivity index (χ4n) is 9.03. The van der Waals surface area contributed by atoms with Crippen LogP contribution in [0.15, 0.2) is 84.9 Å². The third-order valence-corrected chi connectivity index (χ3v) is 13.1. The minimum atomic E-state index is -1.59. The van der Waals surface area contributed by atoms with E-state index < -0.39 is 74.6 Å². The molecule has 0 aromatic heterocycles. The zero-order chi connectivity index (χ0) is 52.3. The van der Waals surface area contributed by atoms with Gasteiger partial charge in [0.2, 0.25) is 12.6 Å². The number of carbonyl (C=O) groups excluding carboxylic acids is 2. The molecule has 0 bridgehead atoms. The van der Waals surface area contributed by atoms with Gasteiger partial charge in [-0.1, -0.05) is 86.3 Å². The maximum absolute atomic E-state index is 12.3. The van der Waals surface area contributed by atoms with Crippen LogP contribution in [0, 0.1) is 0 Å². The number of aliphatic hydroxyl groups is 8. The minimum absolute atomic E-state index is 0.0898. The molecule has 8 N–H and O–H groups in total. The largest absolute Gasteiger partial charge is 0.466 e.